The largest absolute Gasteiger partial charge is 0.455 e. The molecule has 2 aromatic heterocycles. The Bertz CT molecular complexity index is 2240. The molecule has 0 fully saturated rings. The highest BCUT2D eigenvalue weighted by atomic mass is 16.3. The number of aromatic nitrogens is 1. The van der Waals surface area contributed by atoms with Crippen LogP contribution >= 0.6 is 0 Å². The molecule has 40 heavy (non-hydrogen) atoms. The van der Waals surface area contributed by atoms with Crippen LogP contribution in [0.4, 0.5) is 0 Å². The minimum atomic E-state index is -0.0935. The molecule has 8 rings (SSSR count). The Hall–Kier alpha value is -4.63. The van der Waals surface area contributed by atoms with Gasteiger partial charge in [-0.2, -0.15) is 0 Å². The lowest BCUT2D eigenvalue weighted by Gasteiger charge is -2.21. The van der Waals surface area contributed by atoms with E-state index in [1.165, 1.54) is 33.0 Å². The quantitative estimate of drug-likeness (QED) is 0.213. The molecular weight excluding hydrogens is 490 g/mol. The van der Waals surface area contributed by atoms with Crippen LogP contribution in [0.15, 0.2) is 106 Å². The normalized spacial score (nSPS) is 14.0. The summed E-state index contributed by atoms with van der Waals surface area (Å²) in [5, 5.41) is 3.68. The van der Waals surface area contributed by atoms with E-state index in [1.54, 1.807) is 0 Å². The Labute approximate surface area is 232 Å². The summed E-state index contributed by atoms with van der Waals surface area (Å²) in [7, 11) is 0. The van der Waals surface area contributed by atoms with Crippen LogP contribution in [0.25, 0.3) is 60.6 Å². The van der Waals surface area contributed by atoms with E-state index in [9.17, 15) is 4.79 Å². The molecule has 5 aromatic carbocycles. The second-order valence-electron chi connectivity index (χ2n) is 11.9. The van der Waals surface area contributed by atoms with E-state index in [1.807, 2.05) is 24.3 Å². The van der Waals surface area contributed by atoms with Gasteiger partial charge in [0.05, 0.1) is 21.8 Å². The van der Waals surface area contributed by atoms with Gasteiger partial charge >= 0.3 is 0 Å². The highest BCUT2D eigenvalue weighted by Gasteiger charge is 2.36. The van der Waals surface area contributed by atoms with Gasteiger partial charge in [0.15, 0.2) is 0 Å². The van der Waals surface area contributed by atoms with Crippen LogP contribution in [0.3, 0.4) is 0 Å². The fourth-order valence-electron chi connectivity index (χ4n) is 6.92. The third-order valence-corrected chi connectivity index (χ3v) is 8.97. The van der Waals surface area contributed by atoms with E-state index < -0.39 is 0 Å². The molecule has 2 heterocycles. The molecule has 0 amide bonds. The molecule has 3 heteroatoms. The van der Waals surface area contributed by atoms with Gasteiger partial charge in [-0.05, 0) is 70.1 Å². The highest BCUT2D eigenvalue weighted by molar-refractivity contribution is 6.12. The molecule has 0 aliphatic heterocycles. The average Bonchev–Trinajstić information content (AvgIpc) is 3.40. The topological polar surface area (TPSA) is 35.1 Å². The average molecular weight is 520 g/mol. The molecule has 0 spiro atoms. The number of hydrogen-bond donors (Lipinski definition) is 0. The lowest BCUT2D eigenvalue weighted by Crippen LogP contribution is -2.15. The highest BCUT2D eigenvalue weighted by Crippen LogP contribution is 2.51. The molecule has 0 radical (unpaired) electrons. The van der Waals surface area contributed by atoms with Crippen molar-refractivity contribution in [2.45, 2.75) is 39.0 Å². The number of fused-ring (bicyclic) bond motifs is 8. The van der Waals surface area contributed by atoms with Gasteiger partial charge in [0.25, 0.3) is 0 Å². The maximum atomic E-state index is 13.5. The zero-order valence-corrected chi connectivity index (χ0v) is 23.1. The summed E-state index contributed by atoms with van der Waals surface area (Å²) >= 11 is 0. The Morgan fingerprint density at radius 3 is 2.30 bits per heavy atom. The number of rotatable bonds is 2. The summed E-state index contributed by atoms with van der Waals surface area (Å²) in [6, 6.07) is 34.0. The molecule has 3 nitrogen and oxygen atoms in total. The van der Waals surface area contributed by atoms with Crippen molar-refractivity contribution in [2.24, 2.45) is 0 Å². The lowest BCUT2D eigenvalue weighted by molar-refractivity contribution is 0.648. The van der Waals surface area contributed by atoms with Crippen molar-refractivity contribution >= 4 is 43.7 Å². The van der Waals surface area contributed by atoms with E-state index in [-0.39, 0.29) is 16.8 Å². The van der Waals surface area contributed by atoms with E-state index in [2.05, 4.69) is 105 Å². The molecule has 7 aromatic rings. The predicted octanol–water partition coefficient (Wildman–Crippen LogP) is 9.47. The second-order valence-corrected chi connectivity index (χ2v) is 11.9. The van der Waals surface area contributed by atoms with Crippen molar-refractivity contribution in [1.29, 1.82) is 0 Å². The smallest absolute Gasteiger partial charge is 0.200 e. The van der Waals surface area contributed by atoms with Gasteiger partial charge < -0.3 is 8.98 Å². The summed E-state index contributed by atoms with van der Waals surface area (Å²) in [6.45, 7) is 8.90. The first-order valence-electron chi connectivity index (χ1n) is 14.0. The fraction of sp³-hybridized carbons (Fsp3) is 0.162. The standard InChI is InChI=1S/C37H29NO2/c1-21(2)23-12-9-13-27-35(39)26-17-16-22(18-34(26)40-36(23)27)38-32-15-8-6-11-25(32)29-19-28-24-10-5-7-14-30(24)37(3,4)31(28)20-33(29)38/h5-21H,1-4H3. The third-order valence-electron chi connectivity index (χ3n) is 8.97. The first kappa shape index (κ1) is 23.3. The van der Waals surface area contributed by atoms with Crippen LogP contribution < -0.4 is 5.43 Å². The molecule has 0 N–H and O–H groups in total. The first-order chi connectivity index (χ1) is 19.3. The molecule has 1 aliphatic rings. The van der Waals surface area contributed by atoms with Crippen molar-refractivity contribution < 1.29 is 4.42 Å². The maximum absolute atomic E-state index is 13.5. The van der Waals surface area contributed by atoms with Crippen molar-refractivity contribution in [3.63, 3.8) is 0 Å². The Balaban J connectivity index is 1.45. The second kappa shape index (κ2) is 7.95. The van der Waals surface area contributed by atoms with Gasteiger partial charge in [-0.25, -0.2) is 0 Å². The zero-order valence-electron chi connectivity index (χ0n) is 23.1. The van der Waals surface area contributed by atoms with Crippen LogP contribution in [0.5, 0.6) is 0 Å². The fourth-order valence-corrected chi connectivity index (χ4v) is 6.92. The van der Waals surface area contributed by atoms with Gasteiger partial charge in [-0.15, -0.1) is 0 Å². The third kappa shape index (κ3) is 2.98. The van der Waals surface area contributed by atoms with Crippen molar-refractivity contribution in [2.75, 3.05) is 0 Å². The van der Waals surface area contributed by atoms with Crippen LogP contribution in [0, 0.1) is 0 Å². The lowest BCUT2D eigenvalue weighted by atomic mass is 9.82. The van der Waals surface area contributed by atoms with Crippen molar-refractivity contribution in [3.8, 4) is 16.8 Å². The molecule has 0 bridgehead atoms. The number of nitrogens with zero attached hydrogens (tertiary/aromatic N) is 1. The molecule has 194 valence electrons. The van der Waals surface area contributed by atoms with Gasteiger partial charge in [-0.3, -0.25) is 4.79 Å². The van der Waals surface area contributed by atoms with Gasteiger partial charge in [-0.1, -0.05) is 82.3 Å². The minimum absolute atomic E-state index is 0.0184. The Morgan fingerprint density at radius 2 is 1.45 bits per heavy atom. The number of benzene rings is 5. The first-order valence-corrected chi connectivity index (χ1v) is 14.0. The van der Waals surface area contributed by atoms with E-state index in [0.29, 0.717) is 21.9 Å². The van der Waals surface area contributed by atoms with E-state index in [4.69, 9.17) is 4.42 Å². The molecule has 0 unspecified atom stereocenters. The van der Waals surface area contributed by atoms with E-state index >= 15 is 0 Å². The van der Waals surface area contributed by atoms with Gasteiger partial charge in [0.1, 0.15) is 11.2 Å². The zero-order chi connectivity index (χ0) is 27.3. The van der Waals surface area contributed by atoms with Crippen LogP contribution in [0.1, 0.15) is 50.3 Å². The molecule has 0 atom stereocenters. The SMILES string of the molecule is CC(C)c1cccc2c(=O)c3ccc(-n4c5ccccc5c5cc6c(cc54)C(C)(C)c4ccccc4-6)cc3oc12. The predicted molar refractivity (Wildman–Crippen MR) is 166 cm³/mol. The minimum Gasteiger partial charge on any atom is -0.455 e. The molecule has 0 saturated carbocycles. The number of para-hydroxylation sites is 2. The van der Waals surface area contributed by atoms with Crippen molar-refractivity contribution in [3.05, 3.63) is 124 Å². The van der Waals surface area contributed by atoms with Crippen LogP contribution in [-0.4, -0.2) is 4.57 Å². The number of hydrogen-bond acceptors (Lipinski definition) is 2. The summed E-state index contributed by atoms with van der Waals surface area (Å²) in [4.78, 5) is 13.5. The van der Waals surface area contributed by atoms with E-state index in [0.717, 1.165) is 22.3 Å². The molecular formula is C37H29NO2. The van der Waals surface area contributed by atoms with Crippen molar-refractivity contribution in [1.82, 2.24) is 4.57 Å². The Kier molecular flexibility index (Phi) is 4.63. The monoisotopic (exact) mass is 519 g/mol. The molecule has 1 aliphatic carbocycles. The molecule has 0 saturated heterocycles. The Morgan fingerprint density at radius 1 is 0.675 bits per heavy atom. The van der Waals surface area contributed by atoms with Gasteiger partial charge in [0, 0.05) is 27.9 Å². The summed E-state index contributed by atoms with van der Waals surface area (Å²) in [6.07, 6.45) is 0. The summed E-state index contributed by atoms with van der Waals surface area (Å²) in [5.41, 5.74) is 10.9. The maximum Gasteiger partial charge on any atom is 0.200 e. The van der Waals surface area contributed by atoms with Crippen LogP contribution in [0.2, 0.25) is 0 Å². The summed E-state index contributed by atoms with van der Waals surface area (Å²) < 4.78 is 8.84. The van der Waals surface area contributed by atoms with Crippen LogP contribution in [-0.2, 0) is 5.41 Å². The van der Waals surface area contributed by atoms with Gasteiger partial charge in [0.2, 0.25) is 5.43 Å². The summed E-state index contributed by atoms with van der Waals surface area (Å²) in [5.74, 6) is 0.249.